The Kier molecular flexibility index (Phi) is 11.3. The number of hydrogen-bond donors (Lipinski definition) is 4. The third-order valence-electron chi connectivity index (χ3n) is 9.50. The lowest BCUT2D eigenvalue weighted by Crippen LogP contribution is -2.38. The summed E-state index contributed by atoms with van der Waals surface area (Å²) in [6.07, 6.45) is 0. The Morgan fingerprint density at radius 1 is 0.862 bits per heavy atom. The van der Waals surface area contributed by atoms with Crippen molar-refractivity contribution in [2.75, 3.05) is 10.6 Å². The molecule has 4 N–H and O–H groups in total. The van der Waals surface area contributed by atoms with E-state index in [0.29, 0.717) is 38.4 Å². The number of sulfonamides is 1. The van der Waals surface area contributed by atoms with Crippen LogP contribution < -0.4 is 15.4 Å². The molecular formula is C42H46N10O4S2. The number of carboxylic acids is 1. The molecule has 3 aromatic heterocycles. The van der Waals surface area contributed by atoms with E-state index in [4.69, 9.17) is 25.3 Å². The highest BCUT2D eigenvalue weighted by Crippen LogP contribution is 2.40. The van der Waals surface area contributed by atoms with Crippen LogP contribution in [0.4, 0.5) is 34.5 Å². The van der Waals surface area contributed by atoms with Crippen LogP contribution in [0.5, 0.6) is 0 Å². The number of azo groups is 1. The van der Waals surface area contributed by atoms with Gasteiger partial charge in [-0.3, -0.25) is 4.79 Å². The van der Waals surface area contributed by atoms with E-state index >= 15 is 0 Å². The molecule has 58 heavy (non-hydrogen) atoms. The molecule has 0 amide bonds. The summed E-state index contributed by atoms with van der Waals surface area (Å²) < 4.78 is 30.2. The number of aryl methyl sites for hydroxylation is 7. The normalized spacial score (nSPS) is 12.6. The number of hydrogen-bond acceptors (Lipinski definition) is 12. The number of rotatable bonds is 11. The number of nitrogens with one attached hydrogen (secondary N) is 3. The van der Waals surface area contributed by atoms with Gasteiger partial charge < -0.3 is 15.7 Å². The maximum atomic E-state index is 13.0. The first kappa shape index (κ1) is 41.6. The number of carbonyl (C=O) groups is 1. The van der Waals surface area contributed by atoms with Crippen molar-refractivity contribution < 1.29 is 18.3 Å². The average molecular weight is 819 g/mol. The first-order chi connectivity index (χ1) is 27.2. The van der Waals surface area contributed by atoms with Gasteiger partial charge in [-0.1, -0.05) is 67.5 Å². The van der Waals surface area contributed by atoms with E-state index in [0.717, 1.165) is 56.1 Å². The van der Waals surface area contributed by atoms with Gasteiger partial charge >= 0.3 is 5.97 Å². The third kappa shape index (κ3) is 8.47. The largest absolute Gasteiger partial charge is 0.480 e. The molecule has 14 nitrogen and oxygen atoms in total. The molecule has 300 valence electrons. The van der Waals surface area contributed by atoms with Gasteiger partial charge in [0.2, 0.25) is 15.2 Å². The van der Waals surface area contributed by atoms with Crippen LogP contribution in [0.25, 0.3) is 15.3 Å². The second-order valence-corrected chi connectivity index (χ2v) is 18.4. The fourth-order valence-corrected chi connectivity index (χ4v) is 9.06. The van der Waals surface area contributed by atoms with Crippen LogP contribution in [0.15, 0.2) is 63.7 Å². The fourth-order valence-electron chi connectivity index (χ4n) is 6.81. The SMILES string of the molecule is Cc1cc(C)c(Nc2cc(C)c(N=Nc3c(C#N)c(C(C)(C)C)nn3-c3nc4ccc(S(=O)(=O)NC(C)C(=O)O)cc4s3)c(Nc3c(C)cc(C)cc3C)n2)c(C)c1. The van der Waals surface area contributed by atoms with Gasteiger partial charge in [0.1, 0.15) is 29.2 Å². The van der Waals surface area contributed by atoms with E-state index in [1.54, 1.807) is 0 Å². The Hall–Kier alpha value is -6.02. The second-order valence-electron chi connectivity index (χ2n) is 15.6. The predicted molar refractivity (Wildman–Crippen MR) is 229 cm³/mol. The standard InChI is InChI=1S/C42H46N10O4S2/c1-21-14-23(3)34(24(4)15-21)45-33-18-27(7)36(38(46-33)47-35-25(5)16-22(2)17-26(35)6)48-49-39-30(20-43)37(42(9,10)11)50-52(39)41-44-31-13-12-29(19-32(31)57-41)58(55,56)51-28(8)40(53)54/h12-19,28,51H,1-11H3,(H,53,54)(H2,45,46,47). The summed E-state index contributed by atoms with van der Waals surface area (Å²) in [5, 5.41) is 41.5. The van der Waals surface area contributed by atoms with Crippen LogP contribution in [-0.4, -0.2) is 45.3 Å². The van der Waals surface area contributed by atoms with Crippen LogP contribution in [0.3, 0.4) is 0 Å². The third-order valence-corrected chi connectivity index (χ3v) is 12.0. The monoisotopic (exact) mass is 818 g/mol. The van der Waals surface area contributed by atoms with Crippen molar-refractivity contribution >= 4 is 72.1 Å². The molecule has 0 bridgehead atoms. The smallest absolute Gasteiger partial charge is 0.321 e. The summed E-state index contributed by atoms with van der Waals surface area (Å²) in [5.74, 6) is -0.110. The minimum absolute atomic E-state index is 0.121. The molecule has 0 spiro atoms. The highest BCUT2D eigenvalue weighted by Gasteiger charge is 2.30. The minimum Gasteiger partial charge on any atom is -0.480 e. The molecule has 0 radical (unpaired) electrons. The van der Waals surface area contributed by atoms with Gasteiger partial charge in [0.25, 0.3) is 0 Å². The summed E-state index contributed by atoms with van der Waals surface area (Å²) in [7, 11) is -4.16. The first-order valence-electron chi connectivity index (χ1n) is 18.5. The lowest BCUT2D eigenvalue weighted by Gasteiger charge is -2.18. The van der Waals surface area contributed by atoms with Crippen LogP contribution in [0.2, 0.25) is 0 Å². The highest BCUT2D eigenvalue weighted by atomic mass is 32.2. The predicted octanol–water partition coefficient (Wildman–Crippen LogP) is 9.86. The molecule has 16 heteroatoms. The lowest BCUT2D eigenvalue weighted by molar-refractivity contribution is -0.138. The molecule has 6 rings (SSSR count). The van der Waals surface area contributed by atoms with E-state index in [1.165, 1.54) is 35.4 Å². The zero-order valence-corrected chi connectivity index (χ0v) is 35.9. The fraction of sp³-hybridized carbons (Fsp3) is 0.310. The molecular weight excluding hydrogens is 773 g/mol. The van der Waals surface area contributed by atoms with Gasteiger partial charge in [-0.25, -0.2) is 18.4 Å². The van der Waals surface area contributed by atoms with Gasteiger partial charge in [-0.15, -0.1) is 10.2 Å². The number of benzene rings is 3. The Morgan fingerprint density at radius 2 is 1.45 bits per heavy atom. The van der Waals surface area contributed by atoms with E-state index in [9.17, 15) is 23.6 Å². The van der Waals surface area contributed by atoms with Crippen molar-refractivity contribution in [2.24, 2.45) is 10.2 Å². The minimum atomic E-state index is -4.16. The summed E-state index contributed by atoms with van der Waals surface area (Å²) in [5.41, 5.74) is 10.2. The summed E-state index contributed by atoms with van der Waals surface area (Å²) in [6, 6.07) is 15.6. The second kappa shape index (κ2) is 15.7. The van der Waals surface area contributed by atoms with Gasteiger partial charge in [-0.2, -0.15) is 19.8 Å². The molecule has 1 atom stereocenters. The number of carboxylic acid groups (broad SMARTS) is 1. The van der Waals surface area contributed by atoms with Crippen LogP contribution in [0, 0.1) is 59.8 Å². The molecule has 0 fully saturated rings. The first-order valence-corrected chi connectivity index (χ1v) is 20.8. The zero-order valence-electron chi connectivity index (χ0n) is 34.3. The van der Waals surface area contributed by atoms with Crippen LogP contribution in [0.1, 0.15) is 77.9 Å². The molecule has 6 aromatic rings. The molecule has 0 aliphatic rings. The molecule has 3 aromatic carbocycles. The van der Waals surface area contributed by atoms with Gasteiger partial charge in [0.05, 0.1) is 20.8 Å². The maximum absolute atomic E-state index is 13.0. The number of aliphatic carboxylic acids is 1. The van der Waals surface area contributed by atoms with E-state index < -0.39 is 27.4 Å². The average Bonchev–Trinajstić information content (AvgIpc) is 3.72. The van der Waals surface area contributed by atoms with Crippen molar-refractivity contribution in [3.8, 4) is 11.2 Å². The number of fused-ring (bicyclic) bond motifs is 1. The van der Waals surface area contributed by atoms with Crippen LogP contribution >= 0.6 is 11.3 Å². The van der Waals surface area contributed by atoms with Crippen molar-refractivity contribution in [2.45, 2.75) is 92.5 Å². The number of thiazole rings is 1. The van der Waals surface area contributed by atoms with Gasteiger partial charge in [-0.05, 0) is 107 Å². The Labute approximate surface area is 342 Å². The summed E-state index contributed by atoms with van der Waals surface area (Å²) in [4.78, 5) is 21.0. The number of nitrogens with zero attached hydrogens (tertiary/aromatic N) is 7. The molecule has 1 unspecified atom stereocenters. The molecule has 3 heterocycles. The lowest BCUT2D eigenvalue weighted by atomic mass is 9.90. The van der Waals surface area contributed by atoms with Crippen LogP contribution in [-0.2, 0) is 20.2 Å². The highest BCUT2D eigenvalue weighted by molar-refractivity contribution is 7.89. The number of anilines is 4. The summed E-state index contributed by atoms with van der Waals surface area (Å²) in [6.45, 7) is 21.3. The van der Waals surface area contributed by atoms with Crippen molar-refractivity contribution in [3.05, 3.63) is 98.7 Å². The van der Waals surface area contributed by atoms with Crippen molar-refractivity contribution in [3.63, 3.8) is 0 Å². The Morgan fingerprint density at radius 3 is 2.00 bits per heavy atom. The number of nitriles is 1. The van der Waals surface area contributed by atoms with Crippen molar-refractivity contribution in [1.29, 1.82) is 5.26 Å². The molecule has 0 aliphatic heterocycles. The Bertz CT molecular complexity index is 2760. The molecule has 0 saturated heterocycles. The summed E-state index contributed by atoms with van der Waals surface area (Å²) >= 11 is 1.14. The number of pyridine rings is 1. The molecule has 0 saturated carbocycles. The Balaban J connectivity index is 1.50. The van der Waals surface area contributed by atoms with Gasteiger partial charge in [0, 0.05) is 16.8 Å². The van der Waals surface area contributed by atoms with E-state index in [-0.39, 0.29) is 16.3 Å². The molecule has 0 aliphatic carbocycles. The number of aromatic nitrogens is 4. The zero-order chi connectivity index (χ0) is 42.4. The van der Waals surface area contributed by atoms with E-state index in [1.807, 2.05) is 47.6 Å². The van der Waals surface area contributed by atoms with E-state index in [2.05, 4.69) is 73.4 Å². The van der Waals surface area contributed by atoms with Crippen molar-refractivity contribution in [1.82, 2.24) is 24.5 Å². The quantitative estimate of drug-likeness (QED) is 0.0912. The maximum Gasteiger partial charge on any atom is 0.321 e. The topological polar surface area (TPSA) is 200 Å². The van der Waals surface area contributed by atoms with Gasteiger partial charge in [0.15, 0.2) is 11.6 Å².